The highest BCUT2D eigenvalue weighted by Crippen LogP contribution is 2.15. The van der Waals surface area contributed by atoms with Crippen molar-refractivity contribution < 1.29 is 0 Å². The number of hydrogen-bond donors (Lipinski definition) is 2. The van der Waals surface area contributed by atoms with Gasteiger partial charge in [0.15, 0.2) is 0 Å². The molecule has 0 saturated carbocycles. The van der Waals surface area contributed by atoms with Crippen LogP contribution in [-0.2, 0) is 6.54 Å². The van der Waals surface area contributed by atoms with Gasteiger partial charge in [0.25, 0.3) is 0 Å². The van der Waals surface area contributed by atoms with Crippen LogP contribution in [0.1, 0.15) is 5.56 Å². The second kappa shape index (κ2) is 4.53. The summed E-state index contributed by atoms with van der Waals surface area (Å²) in [5.41, 5.74) is 1.42. The van der Waals surface area contributed by atoms with E-state index in [2.05, 4.69) is 45.9 Å². The first kappa shape index (κ1) is 10.3. The topological polar surface area (TPSA) is 27.3 Å². The summed E-state index contributed by atoms with van der Waals surface area (Å²) >= 11 is 0. The second-order valence-electron chi connectivity index (χ2n) is 4.80. The first-order valence-electron chi connectivity index (χ1n) is 6.15. The average Bonchev–Trinajstić information content (AvgIpc) is 2.72. The molecule has 2 heterocycles. The molecule has 3 heteroatoms. The predicted octanol–water partition coefficient (Wildman–Crippen LogP) is 0.432. The minimum absolute atomic E-state index is 0.650. The first-order valence-corrected chi connectivity index (χ1v) is 6.15. The Morgan fingerprint density at radius 1 is 1.00 bits per heavy atom. The molecule has 3 rings (SSSR count). The maximum atomic E-state index is 3.59. The Bertz CT molecular complexity index is 324. The van der Waals surface area contributed by atoms with E-state index in [4.69, 9.17) is 0 Å². The lowest BCUT2D eigenvalue weighted by Crippen LogP contribution is -2.55. The Morgan fingerprint density at radius 2 is 1.62 bits per heavy atom. The minimum Gasteiger partial charge on any atom is -0.310 e. The SMILES string of the molecule is c1ccc(CN2C[C@@H]3NCCN[C@@H]3C2)cc1. The van der Waals surface area contributed by atoms with E-state index in [0.29, 0.717) is 12.1 Å². The average molecular weight is 217 g/mol. The zero-order valence-corrected chi connectivity index (χ0v) is 9.52. The van der Waals surface area contributed by atoms with Crippen LogP contribution in [0.4, 0.5) is 0 Å². The molecule has 0 spiro atoms. The first-order chi connectivity index (χ1) is 7.92. The molecule has 2 aliphatic rings. The lowest BCUT2D eigenvalue weighted by atomic mass is 10.1. The lowest BCUT2D eigenvalue weighted by molar-refractivity contribution is 0.320. The van der Waals surface area contributed by atoms with Crippen LogP contribution in [0, 0.1) is 0 Å². The van der Waals surface area contributed by atoms with Crippen molar-refractivity contribution in [1.82, 2.24) is 15.5 Å². The Labute approximate surface area is 96.8 Å². The molecule has 0 radical (unpaired) electrons. The van der Waals surface area contributed by atoms with Crippen LogP contribution < -0.4 is 10.6 Å². The summed E-state index contributed by atoms with van der Waals surface area (Å²) in [6.45, 7) is 5.65. The van der Waals surface area contributed by atoms with Crippen molar-refractivity contribution >= 4 is 0 Å². The van der Waals surface area contributed by atoms with Crippen molar-refractivity contribution in [2.45, 2.75) is 18.6 Å². The summed E-state index contributed by atoms with van der Waals surface area (Å²) in [6, 6.07) is 12.0. The molecule has 0 amide bonds. The highest BCUT2D eigenvalue weighted by molar-refractivity contribution is 5.15. The maximum Gasteiger partial charge on any atom is 0.0362 e. The van der Waals surface area contributed by atoms with Gasteiger partial charge in [-0.05, 0) is 5.56 Å². The van der Waals surface area contributed by atoms with Crippen molar-refractivity contribution in [1.29, 1.82) is 0 Å². The Morgan fingerprint density at radius 3 is 2.25 bits per heavy atom. The number of piperazine rings is 1. The molecule has 0 aromatic heterocycles. The van der Waals surface area contributed by atoms with Gasteiger partial charge in [-0.25, -0.2) is 0 Å². The monoisotopic (exact) mass is 217 g/mol. The lowest BCUT2D eigenvalue weighted by Gasteiger charge is -2.26. The third-order valence-electron chi connectivity index (χ3n) is 3.58. The molecule has 2 atom stereocenters. The molecular formula is C13H19N3. The molecule has 2 aliphatic heterocycles. The van der Waals surface area contributed by atoms with Crippen molar-refractivity contribution in [2.75, 3.05) is 26.2 Å². The minimum atomic E-state index is 0.650. The largest absolute Gasteiger partial charge is 0.310 e. The third-order valence-corrected chi connectivity index (χ3v) is 3.58. The fraction of sp³-hybridized carbons (Fsp3) is 0.538. The molecule has 0 unspecified atom stereocenters. The molecule has 2 fully saturated rings. The van der Waals surface area contributed by atoms with E-state index in [0.717, 1.165) is 19.6 Å². The highest BCUT2D eigenvalue weighted by atomic mass is 15.3. The highest BCUT2D eigenvalue weighted by Gasteiger charge is 2.33. The Kier molecular flexibility index (Phi) is 2.91. The number of nitrogens with one attached hydrogen (secondary N) is 2. The Hall–Kier alpha value is -0.900. The van der Waals surface area contributed by atoms with Crippen LogP contribution in [0.15, 0.2) is 30.3 Å². The van der Waals surface area contributed by atoms with Crippen LogP contribution in [0.3, 0.4) is 0 Å². The predicted molar refractivity (Wildman–Crippen MR) is 65.3 cm³/mol. The quantitative estimate of drug-likeness (QED) is 0.752. The maximum absolute atomic E-state index is 3.59. The van der Waals surface area contributed by atoms with Gasteiger partial charge in [0.05, 0.1) is 0 Å². The summed E-state index contributed by atoms with van der Waals surface area (Å²) in [6.07, 6.45) is 0. The Balaban J connectivity index is 1.61. The molecule has 2 N–H and O–H groups in total. The third kappa shape index (κ3) is 2.12. The van der Waals surface area contributed by atoms with E-state index < -0.39 is 0 Å². The van der Waals surface area contributed by atoms with Gasteiger partial charge in [-0.3, -0.25) is 4.90 Å². The smallest absolute Gasteiger partial charge is 0.0362 e. The van der Waals surface area contributed by atoms with Crippen LogP contribution in [-0.4, -0.2) is 43.2 Å². The standard InChI is InChI=1S/C13H19N3/c1-2-4-11(5-3-1)8-16-9-12-13(10-16)15-7-6-14-12/h1-5,12-15H,6-10H2/t12-,13+. The van der Waals surface area contributed by atoms with Gasteiger partial charge < -0.3 is 10.6 Å². The van der Waals surface area contributed by atoms with E-state index in [-0.39, 0.29) is 0 Å². The van der Waals surface area contributed by atoms with Gasteiger partial charge in [0.1, 0.15) is 0 Å². The van der Waals surface area contributed by atoms with Gasteiger partial charge in [-0.2, -0.15) is 0 Å². The van der Waals surface area contributed by atoms with E-state index in [1.165, 1.54) is 18.7 Å². The fourth-order valence-corrected chi connectivity index (χ4v) is 2.78. The van der Waals surface area contributed by atoms with Gasteiger partial charge in [0.2, 0.25) is 0 Å². The summed E-state index contributed by atoms with van der Waals surface area (Å²) < 4.78 is 0. The van der Waals surface area contributed by atoms with Crippen LogP contribution in [0.2, 0.25) is 0 Å². The van der Waals surface area contributed by atoms with Gasteiger partial charge in [-0.15, -0.1) is 0 Å². The number of rotatable bonds is 2. The zero-order valence-electron chi connectivity index (χ0n) is 9.52. The van der Waals surface area contributed by atoms with Crippen molar-refractivity contribution in [3.8, 4) is 0 Å². The molecule has 1 aromatic rings. The molecule has 2 saturated heterocycles. The fourth-order valence-electron chi connectivity index (χ4n) is 2.78. The number of hydrogen-bond acceptors (Lipinski definition) is 3. The van der Waals surface area contributed by atoms with E-state index in [1.807, 2.05) is 0 Å². The number of nitrogens with zero attached hydrogens (tertiary/aromatic N) is 1. The van der Waals surface area contributed by atoms with Gasteiger partial charge in [-0.1, -0.05) is 30.3 Å². The van der Waals surface area contributed by atoms with Crippen LogP contribution >= 0.6 is 0 Å². The molecule has 0 bridgehead atoms. The number of fused-ring (bicyclic) bond motifs is 1. The normalized spacial score (nSPS) is 30.2. The summed E-state index contributed by atoms with van der Waals surface area (Å²) in [5, 5.41) is 7.19. The molecule has 0 aliphatic carbocycles. The summed E-state index contributed by atoms with van der Waals surface area (Å²) in [7, 11) is 0. The van der Waals surface area contributed by atoms with Gasteiger partial charge in [0, 0.05) is 44.8 Å². The van der Waals surface area contributed by atoms with E-state index in [1.54, 1.807) is 0 Å². The van der Waals surface area contributed by atoms with Crippen molar-refractivity contribution in [3.63, 3.8) is 0 Å². The summed E-state index contributed by atoms with van der Waals surface area (Å²) in [5.74, 6) is 0. The van der Waals surface area contributed by atoms with Crippen molar-refractivity contribution in [3.05, 3.63) is 35.9 Å². The molecule has 86 valence electrons. The van der Waals surface area contributed by atoms with Crippen LogP contribution in [0.5, 0.6) is 0 Å². The van der Waals surface area contributed by atoms with Crippen LogP contribution in [0.25, 0.3) is 0 Å². The van der Waals surface area contributed by atoms with E-state index >= 15 is 0 Å². The van der Waals surface area contributed by atoms with Crippen molar-refractivity contribution in [2.24, 2.45) is 0 Å². The second-order valence-corrected chi connectivity index (χ2v) is 4.80. The molecule has 16 heavy (non-hydrogen) atoms. The number of likely N-dealkylation sites (tertiary alicyclic amines) is 1. The van der Waals surface area contributed by atoms with Gasteiger partial charge >= 0.3 is 0 Å². The number of benzene rings is 1. The molecular weight excluding hydrogens is 198 g/mol. The zero-order chi connectivity index (χ0) is 10.8. The summed E-state index contributed by atoms with van der Waals surface area (Å²) in [4.78, 5) is 2.54. The molecule has 3 nitrogen and oxygen atoms in total. The van der Waals surface area contributed by atoms with E-state index in [9.17, 15) is 0 Å². The molecule has 1 aromatic carbocycles.